The van der Waals surface area contributed by atoms with E-state index in [1.807, 2.05) is 17.8 Å². The molecule has 1 nitrogen and oxygen atoms in total. The molecule has 0 amide bonds. The van der Waals surface area contributed by atoms with E-state index in [2.05, 4.69) is 55.5 Å². The van der Waals surface area contributed by atoms with Crippen LogP contribution in [0.2, 0.25) is 0 Å². The van der Waals surface area contributed by atoms with Crippen LogP contribution in [0.15, 0.2) is 59.5 Å². The lowest BCUT2D eigenvalue weighted by molar-refractivity contribution is 0.223. The van der Waals surface area contributed by atoms with Gasteiger partial charge in [-0.1, -0.05) is 42.5 Å². The van der Waals surface area contributed by atoms with Crippen molar-refractivity contribution in [1.29, 1.82) is 0 Å². The Morgan fingerprint density at radius 1 is 1.00 bits per heavy atom. The van der Waals surface area contributed by atoms with Gasteiger partial charge >= 0.3 is 0 Å². The molecule has 1 N–H and O–H groups in total. The molecule has 0 radical (unpaired) electrons. The summed E-state index contributed by atoms with van der Waals surface area (Å²) in [5, 5.41) is 9.57. The van der Waals surface area contributed by atoms with Crippen molar-refractivity contribution < 1.29 is 5.11 Å². The zero-order valence-corrected chi connectivity index (χ0v) is 12.8. The van der Waals surface area contributed by atoms with Crippen LogP contribution in [0.4, 0.5) is 0 Å². The van der Waals surface area contributed by atoms with Gasteiger partial charge in [0.2, 0.25) is 0 Å². The highest BCUT2D eigenvalue weighted by Gasteiger charge is 2.10. The Morgan fingerprint density at radius 2 is 1.70 bits per heavy atom. The molecule has 2 rings (SSSR count). The van der Waals surface area contributed by atoms with Gasteiger partial charge in [0.1, 0.15) is 0 Å². The zero-order chi connectivity index (χ0) is 14.2. The van der Waals surface area contributed by atoms with E-state index >= 15 is 0 Å². The highest BCUT2D eigenvalue weighted by Crippen LogP contribution is 2.22. The molecule has 1 atom stereocenters. The molecule has 0 aliphatic heterocycles. The molecular weight excluding hydrogens is 264 g/mol. The Bertz CT molecular complexity index is 510. The topological polar surface area (TPSA) is 20.2 Å². The number of thioether (sulfide) groups is 1. The number of hydrogen-bond acceptors (Lipinski definition) is 2. The lowest BCUT2D eigenvalue weighted by atomic mass is 9.95. The summed E-state index contributed by atoms with van der Waals surface area (Å²) in [5.74, 6) is 1.41. The molecule has 0 spiro atoms. The van der Waals surface area contributed by atoms with Crippen LogP contribution in [0.3, 0.4) is 0 Å². The van der Waals surface area contributed by atoms with Crippen LogP contribution in [0.25, 0.3) is 0 Å². The van der Waals surface area contributed by atoms with Gasteiger partial charge in [-0.15, -0.1) is 11.8 Å². The maximum Gasteiger partial charge on any atom is 0.0462 e. The number of aliphatic hydroxyl groups excluding tert-OH is 1. The maximum absolute atomic E-state index is 9.57. The first-order valence-corrected chi connectivity index (χ1v) is 8.11. The van der Waals surface area contributed by atoms with E-state index in [9.17, 15) is 5.11 Å². The van der Waals surface area contributed by atoms with Gasteiger partial charge in [0, 0.05) is 11.5 Å². The Morgan fingerprint density at radius 3 is 2.40 bits per heavy atom. The first kappa shape index (κ1) is 15.1. The van der Waals surface area contributed by atoms with Crippen LogP contribution >= 0.6 is 11.8 Å². The van der Waals surface area contributed by atoms with Gasteiger partial charge in [0.15, 0.2) is 0 Å². The first-order valence-electron chi connectivity index (χ1n) is 7.13. The summed E-state index contributed by atoms with van der Waals surface area (Å²) < 4.78 is 0. The van der Waals surface area contributed by atoms with Crippen LogP contribution in [-0.4, -0.2) is 17.5 Å². The molecule has 0 heterocycles. The lowest BCUT2D eigenvalue weighted by Gasteiger charge is -2.15. The van der Waals surface area contributed by atoms with Crippen LogP contribution in [-0.2, 0) is 6.42 Å². The Kier molecular flexibility index (Phi) is 6.16. The summed E-state index contributed by atoms with van der Waals surface area (Å²) in [4.78, 5) is 1.31. The minimum atomic E-state index is 0.268. The Hall–Kier alpha value is -1.25. The van der Waals surface area contributed by atoms with Gasteiger partial charge in [-0.3, -0.25) is 0 Å². The summed E-state index contributed by atoms with van der Waals surface area (Å²) in [6, 6.07) is 18.9. The zero-order valence-electron chi connectivity index (χ0n) is 12.0. The van der Waals surface area contributed by atoms with E-state index in [4.69, 9.17) is 0 Å². The molecule has 0 fully saturated rings. The van der Waals surface area contributed by atoms with Gasteiger partial charge in [0.05, 0.1) is 0 Å². The predicted octanol–water partition coefficient (Wildman–Crippen LogP) is 4.33. The molecule has 20 heavy (non-hydrogen) atoms. The van der Waals surface area contributed by atoms with E-state index in [1.54, 1.807) is 0 Å². The van der Waals surface area contributed by atoms with E-state index in [0.717, 1.165) is 18.6 Å². The Balaban J connectivity index is 1.82. The molecule has 2 aromatic carbocycles. The van der Waals surface area contributed by atoms with Crippen molar-refractivity contribution in [2.24, 2.45) is 5.92 Å². The van der Waals surface area contributed by atoms with Gasteiger partial charge in [-0.25, -0.2) is 0 Å². The molecule has 106 valence electrons. The smallest absolute Gasteiger partial charge is 0.0462 e. The molecule has 1 unspecified atom stereocenters. The van der Waals surface area contributed by atoms with Crippen molar-refractivity contribution >= 4 is 11.8 Å². The van der Waals surface area contributed by atoms with Gasteiger partial charge in [-0.2, -0.15) is 0 Å². The first-order chi connectivity index (χ1) is 9.79. The van der Waals surface area contributed by atoms with E-state index in [-0.39, 0.29) is 6.61 Å². The standard InChI is InChI=1S/C18H22OS/c1-15-7-5-6-8-17(15)13-16(14-19)11-12-20-18-9-3-2-4-10-18/h2-10,16,19H,11-14H2,1H3. The number of benzene rings is 2. The van der Waals surface area contributed by atoms with E-state index in [1.165, 1.54) is 16.0 Å². The van der Waals surface area contributed by atoms with Gasteiger partial charge in [-0.05, 0) is 54.7 Å². The number of aryl methyl sites for hydroxylation is 1. The third kappa shape index (κ3) is 4.69. The third-order valence-corrected chi connectivity index (χ3v) is 4.61. The average Bonchev–Trinajstić information content (AvgIpc) is 2.49. The summed E-state index contributed by atoms with van der Waals surface area (Å²) in [6.07, 6.45) is 2.02. The highest BCUT2D eigenvalue weighted by atomic mass is 32.2. The minimum Gasteiger partial charge on any atom is -0.396 e. The van der Waals surface area contributed by atoms with Crippen LogP contribution in [0, 0.1) is 12.8 Å². The van der Waals surface area contributed by atoms with E-state index < -0.39 is 0 Å². The number of aliphatic hydroxyl groups is 1. The van der Waals surface area contributed by atoms with Gasteiger partial charge < -0.3 is 5.11 Å². The Labute approximate surface area is 126 Å². The van der Waals surface area contributed by atoms with Gasteiger partial charge in [0.25, 0.3) is 0 Å². The second kappa shape index (κ2) is 8.13. The van der Waals surface area contributed by atoms with Crippen molar-refractivity contribution in [2.45, 2.75) is 24.7 Å². The van der Waals surface area contributed by atoms with Crippen LogP contribution in [0.5, 0.6) is 0 Å². The van der Waals surface area contributed by atoms with Crippen molar-refractivity contribution in [3.05, 3.63) is 65.7 Å². The second-order valence-electron chi connectivity index (χ2n) is 5.13. The monoisotopic (exact) mass is 286 g/mol. The highest BCUT2D eigenvalue weighted by molar-refractivity contribution is 7.99. The second-order valence-corrected chi connectivity index (χ2v) is 6.30. The quantitative estimate of drug-likeness (QED) is 0.765. The average molecular weight is 286 g/mol. The number of rotatable bonds is 7. The molecular formula is C18H22OS. The van der Waals surface area contributed by atoms with Crippen LogP contribution < -0.4 is 0 Å². The third-order valence-electron chi connectivity index (χ3n) is 3.57. The molecule has 0 bridgehead atoms. The SMILES string of the molecule is Cc1ccccc1CC(CO)CCSc1ccccc1. The largest absolute Gasteiger partial charge is 0.396 e. The van der Waals surface area contributed by atoms with Crippen molar-refractivity contribution in [3.8, 4) is 0 Å². The fourth-order valence-electron chi connectivity index (χ4n) is 2.27. The van der Waals surface area contributed by atoms with Crippen molar-refractivity contribution in [1.82, 2.24) is 0 Å². The molecule has 0 aliphatic carbocycles. The molecule has 0 aromatic heterocycles. The van der Waals surface area contributed by atoms with E-state index in [0.29, 0.717) is 5.92 Å². The molecule has 0 saturated heterocycles. The fourth-order valence-corrected chi connectivity index (χ4v) is 3.30. The maximum atomic E-state index is 9.57. The van der Waals surface area contributed by atoms with Crippen molar-refractivity contribution in [3.63, 3.8) is 0 Å². The summed E-state index contributed by atoms with van der Waals surface area (Å²) in [5.41, 5.74) is 2.68. The summed E-state index contributed by atoms with van der Waals surface area (Å²) in [6.45, 7) is 2.41. The lowest BCUT2D eigenvalue weighted by Crippen LogP contribution is -2.11. The molecule has 2 heteroatoms. The number of hydrogen-bond donors (Lipinski definition) is 1. The fraction of sp³-hybridized carbons (Fsp3) is 0.333. The van der Waals surface area contributed by atoms with Crippen molar-refractivity contribution in [2.75, 3.05) is 12.4 Å². The predicted molar refractivity (Wildman–Crippen MR) is 87.2 cm³/mol. The molecule has 0 saturated carbocycles. The summed E-state index contributed by atoms with van der Waals surface area (Å²) in [7, 11) is 0. The summed E-state index contributed by atoms with van der Waals surface area (Å²) >= 11 is 1.87. The van der Waals surface area contributed by atoms with Crippen LogP contribution in [0.1, 0.15) is 17.5 Å². The molecule has 2 aromatic rings. The molecule has 0 aliphatic rings. The minimum absolute atomic E-state index is 0.268. The normalized spacial score (nSPS) is 12.3.